The van der Waals surface area contributed by atoms with E-state index in [2.05, 4.69) is 12.2 Å². The normalized spacial score (nSPS) is 27.5. The highest BCUT2D eigenvalue weighted by Crippen LogP contribution is 2.51. The van der Waals surface area contributed by atoms with Crippen LogP contribution < -0.4 is 11.1 Å². The van der Waals surface area contributed by atoms with Gasteiger partial charge < -0.3 is 16.2 Å². The van der Waals surface area contributed by atoms with Crippen molar-refractivity contribution in [3.8, 4) is 0 Å². The Hall–Kier alpha value is -0.120. The van der Waals surface area contributed by atoms with Crippen molar-refractivity contribution in [2.45, 2.75) is 76.3 Å². The molecule has 0 bridgehead atoms. The van der Waals surface area contributed by atoms with Crippen LogP contribution in [0.5, 0.6) is 0 Å². The minimum Gasteiger partial charge on any atom is -0.396 e. The van der Waals surface area contributed by atoms with E-state index in [1.807, 2.05) is 0 Å². The highest BCUT2D eigenvalue weighted by molar-refractivity contribution is 5.00. The zero-order valence-electron chi connectivity index (χ0n) is 11.9. The average Bonchev–Trinajstić information content (AvgIpc) is 2.82. The van der Waals surface area contributed by atoms with Crippen molar-refractivity contribution in [3.05, 3.63) is 0 Å². The third-order valence-electron chi connectivity index (χ3n) is 5.44. The highest BCUT2D eigenvalue weighted by atomic mass is 16.3. The van der Waals surface area contributed by atoms with Crippen LogP contribution in [-0.2, 0) is 0 Å². The van der Waals surface area contributed by atoms with E-state index in [0.29, 0.717) is 11.5 Å². The van der Waals surface area contributed by atoms with Crippen molar-refractivity contribution in [2.75, 3.05) is 13.2 Å². The van der Waals surface area contributed by atoms with E-state index in [0.717, 1.165) is 13.0 Å². The van der Waals surface area contributed by atoms with Crippen LogP contribution >= 0.6 is 0 Å². The molecule has 3 nitrogen and oxygen atoms in total. The minimum absolute atomic E-state index is 0.141. The highest BCUT2D eigenvalue weighted by Gasteiger charge is 2.43. The number of aliphatic hydroxyl groups excluding tert-OH is 1. The number of rotatable bonds is 5. The Balaban J connectivity index is 1.90. The molecular formula is C15H30N2O. The molecule has 0 saturated heterocycles. The lowest BCUT2D eigenvalue weighted by molar-refractivity contribution is 0.103. The van der Waals surface area contributed by atoms with Gasteiger partial charge in [-0.25, -0.2) is 0 Å². The molecule has 2 aliphatic carbocycles. The van der Waals surface area contributed by atoms with Crippen LogP contribution in [0.3, 0.4) is 0 Å². The fourth-order valence-electron chi connectivity index (χ4n) is 4.08. The van der Waals surface area contributed by atoms with Crippen LogP contribution in [-0.4, -0.2) is 29.8 Å². The van der Waals surface area contributed by atoms with Crippen LogP contribution in [0, 0.1) is 5.41 Å². The quantitative estimate of drug-likeness (QED) is 0.705. The second-order valence-corrected chi connectivity index (χ2v) is 6.75. The Kier molecular flexibility index (Phi) is 4.68. The van der Waals surface area contributed by atoms with Gasteiger partial charge >= 0.3 is 0 Å². The molecule has 3 heteroatoms. The van der Waals surface area contributed by atoms with Crippen LogP contribution in [0.2, 0.25) is 0 Å². The van der Waals surface area contributed by atoms with Crippen LogP contribution in [0.15, 0.2) is 0 Å². The fourth-order valence-corrected chi connectivity index (χ4v) is 4.08. The zero-order valence-corrected chi connectivity index (χ0v) is 11.9. The summed E-state index contributed by atoms with van der Waals surface area (Å²) in [6.07, 6.45) is 11.7. The van der Waals surface area contributed by atoms with Crippen LogP contribution in [0.1, 0.15) is 64.7 Å². The van der Waals surface area contributed by atoms with E-state index in [-0.39, 0.29) is 12.1 Å². The van der Waals surface area contributed by atoms with Gasteiger partial charge in [-0.15, -0.1) is 0 Å². The van der Waals surface area contributed by atoms with E-state index >= 15 is 0 Å². The second-order valence-electron chi connectivity index (χ2n) is 6.75. The fraction of sp³-hybridized carbons (Fsp3) is 1.00. The summed E-state index contributed by atoms with van der Waals surface area (Å²) in [7, 11) is 0. The van der Waals surface area contributed by atoms with Crippen LogP contribution in [0.4, 0.5) is 0 Å². The third-order valence-corrected chi connectivity index (χ3v) is 5.44. The monoisotopic (exact) mass is 254 g/mol. The Morgan fingerprint density at radius 1 is 1.11 bits per heavy atom. The Bertz CT molecular complexity index is 251. The summed E-state index contributed by atoms with van der Waals surface area (Å²) in [5.74, 6) is 0. The molecule has 106 valence electrons. The first-order valence-electron chi connectivity index (χ1n) is 7.72. The molecule has 1 atom stereocenters. The van der Waals surface area contributed by atoms with Gasteiger partial charge in [0.2, 0.25) is 0 Å². The largest absolute Gasteiger partial charge is 0.396 e. The van der Waals surface area contributed by atoms with Gasteiger partial charge in [-0.05, 0) is 57.3 Å². The molecule has 2 aliphatic rings. The van der Waals surface area contributed by atoms with Crippen molar-refractivity contribution < 1.29 is 5.11 Å². The van der Waals surface area contributed by atoms with Crippen LogP contribution in [0.25, 0.3) is 0 Å². The SMILES string of the molecule is CC(CCO)NC1(CN)CCC2(CCCC2)CC1. The molecule has 1 spiro atoms. The topological polar surface area (TPSA) is 58.3 Å². The molecule has 0 radical (unpaired) electrons. The lowest BCUT2D eigenvalue weighted by Gasteiger charge is -2.46. The molecule has 0 heterocycles. The average molecular weight is 254 g/mol. The van der Waals surface area contributed by atoms with Gasteiger partial charge in [-0.1, -0.05) is 12.8 Å². The molecule has 0 amide bonds. The number of hydrogen-bond donors (Lipinski definition) is 3. The molecule has 0 aromatic carbocycles. The van der Waals surface area contributed by atoms with E-state index in [1.165, 1.54) is 51.4 Å². The van der Waals surface area contributed by atoms with Gasteiger partial charge in [0.25, 0.3) is 0 Å². The van der Waals surface area contributed by atoms with Crippen molar-refractivity contribution >= 4 is 0 Å². The molecule has 2 saturated carbocycles. The first kappa shape index (κ1) is 14.3. The van der Waals surface area contributed by atoms with Gasteiger partial charge in [-0.2, -0.15) is 0 Å². The number of nitrogens with one attached hydrogen (secondary N) is 1. The Labute approximate surface area is 112 Å². The van der Waals surface area contributed by atoms with Crippen molar-refractivity contribution in [2.24, 2.45) is 11.1 Å². The molecule has 0 aliphatic heterocycles. The minimum atomic E-state index is 0.141. The Morgan fingerprint density at radius 3 is 2.22 bits per heavy atom. The third kappa shape index (κ3) is 3.06. The predicted molar refractivity (Wildman–Crippen MR) is 75.5 cm³/mol. The zero-order chi connectivity index (χ0) is 13.1. The summed E-state index contributed by atoms with van der Waals surface area (Å²) in [4.78, 5) is 0. The van der Waals surface area contributed by atoms with Gasteiger partial charge in [0.05, 0.1) is 0 Å². The smallest absolute Gasteiger partial charge is 0.0445 e. The van der Waals surface area contributed by atoms with Crippen molar-refractivity contribution in [1.29, 1.82) is 0 Å². The number of aliphatic hydroxyl groups is 1. The molecule has 1 unspecified atom stereocenters. The summed E-state index contributed by atoms with van der Waals surface area (Å²) in [5.41, 5.74) is 6.85. The maximum absolute atomic E-state index is 9.02. The lowest BCUT2D eigenvalue weighted by atomic mass is 9.66. The molecule has 2 rings (SSSR count). The lowest BCUT2D eigenvalue weighted by Crippen LogP contribution is -2.57. The second kappa shape index (κ2) is 5.89. The maximum Gasteiger partial charge on any atom is 0.0445 e. The van der Waals surface area contributed by atoms with Gasteiger partial charge in [-0.3, -0.25) is 0 Å². The Morgan fingerprint density at radius 2 is 1.72 bits per heavy atom. The first-order chi connectivity index (χ1) is 8.64. The summed E-state index contributed by atoms with van der Waals surface area (Å²) in [6.45, 7) is 3.16. The van der Waals surface area contributed by atoms with E-state index in [1.54, 1.807) is 0 Å². The maximum atomic E-state index is 9.02. The summed E-state index contributed by atoms with van der Waals surface area (Å²) in [5, 5.41) is 12.7. The van der Waals surface area contributed by atoms with Crippen molar-refractivity contribution in [1.82, 2.24) is 5.32 Å². The standard InChI is InChI=1S/C15H30N2O/c1-13(4-11-18)17-15(12-16)9-7-14(8-10-15)5-2-3-6-14/h13,17-18H,2-12,16H2,1H3. The van der Waals surface area contributed by atoms with Gasteiger partial charge in [0.1, 0.15) is 0 Å². The molecular weight excluding hydrogens is 224 g/mol. The molecule has 4 N–H and O–H groups in total. The van der Waals surface area contributed by atoms with E-state index in [9.17, 15) is 0 Å². The number of hydrogen-bond acceptors (Lipinski definition) is 3. The van der Waals surface area contributed by atoms with Gasteiger partial charge in [0.15, 0.2) is 0 Å². The summed E-state index contributed by atoms with van der Waals surface area (Å²) < 4.78 is 0. The van der Waals surface area contributed by atoms with E-state index in [4.69, 9.17) is 10.8 Å². The van der Waals surface area contributed by atoms with Gasteiger partial charge in [0, 0.05) is 24.7 Å². The number of nitrogens with two attached hydrogens (primary N) is 1. The van der Waals surface area contributed by atoms with E-state index < -0.39 is 0 Å². The summed E-state index contributed by atoms with van der Waals surface area (Å²) in [6, 6.07) is 0.371. The molecule has 18 heavy (non-hydrogen) atoms. The first-order valence-corrected chi connectivity index (χ1v) is 7.72. The summed E-state index contributed by atoms with van der Waals surface area (Å²) >= 11 is 0. The molecule has 0 aromatic rings. The predicted octanol–water partition coefficient (Wildman–Crippen LogP) is 2.18. The van der Waals surface area contributed by atoms with Crippen molar-refractivity contribution in [3.63, 3.8) is 0 Å². The molecule has 0 aromatic heterocycles. The molecule has 2 fully saturated rings.